The minimum atomic E-state index is -4.03. The van der Waals surface area contributed by atoms with Gasteiger partial charge in [0.25, 0.3) is 15.9 Å². The predicted molar refractivity (Wildman–Crippen MR) is 108 cm³/mol. The van der Waals surface area contributed by atoms with E-state index in [-0.39, 0.29) is 10.5 Å². The summed E-state index contributed by atoms with van der Waals surface area (Å²) in [5.41, 5.74) is 3.14. The van der Waals surface area contributed by atoms with Crippen LogP contribution < -0.4 is 4.72 Å². The van der Waals surface area contributed by atoms with Crippen LogP contribution in [0.25, 0.3) is 5.69 Å². The highest BCUT2D eigenvalue weighted by molar-refractivity contribution is 7.90. The van der Waals surface area contributed by atoms with Crippen LogP contribution in [0.15, 0.2) is 65.8 Å². The Morgan fingerprint density at radius 2 is 2.00 bits per heavy atom. The summed E-state index contributed by atoms with van der Waals surface area (Å²) < 4.78 is 34.2. The van der Waals surface area contributed by atoms with Gasteiger partial charge in [-0.05, 0) is 48.7 Å². The van der Waals surface area contributed by atoms with E-state index in [9.17, 15) is 13.2 Å². The Balaban J connectivity index is 1.49. The molecule has 2 aromatic carbocycles. The van der Waals surface area contributed by atoms with Gasteiger partial charge in [-0.25, -0.2) is 17.8 Å². The standard InChI is InChI=1S/C21H21N3O4S/c1-15-3-2-4-19(11-15)24-13-20(12-22-24)29(26,27)23-21(25)17-7-5-16(6-8-17)18-9-10-28-14-18/h2-8,11-13,18H,9-10,14H2,1H3,(H,23,25). The molecule has 8 heteroatoms. The Morgan fingerprint density at radius 1 is 1.21 bits per heavy atom. The van der Waals surface area contributed by atoms with Crippen LogP contribution in [0.5, 0.6) is 0 Å². The molecule has 0 aliphatic carbocycles. The van der Waals surface area contributed by atoms with Crippen LogP contribution in [-0.4, -0.2) is 37.3 Å². The Kier molecular flexibility index (Phi) is 5.21. The first-order chi connectivity index (χ1) is 13.9. The van der Waals surface area contributed by atoms with Gasteiger partial charge in [0, 0.05) is 18.1 Å². The second-order valence-corrected chi connectivity index (χ2v) is 8.76. The summed E-state index contributed by atoms with van der Waals surface area (Å²) in [5.74, 6) is -0.356. The van der Waals surface area contributed by atoms with Crippen molar-refractivity contribution in [3.63, 3.8) is 0 Å². The van der Waals surface area contributed by atoms with E-state index >= 15 is 0 Å². The summed E-state index contributed by atoms with van der Waals surface area (Å²) in [6, 6.07) is 14.5. The number of benzene rings is 2. The molecule has 1 N–H and O–H groups in total. The lowest BCUT2D eigenvalue weighted by Gasteiger charge is -2.09. The molecule has 0 saturated carbocycles. The van der Waals surface area contributed by atoms with Gasteiger partial charge in [-0.3, -0.25) is 4.79 Å². The lowest BCUT2D eigenvalue weighted by Crippen LogP contribution is -2.30. The van der Waals surface area contributed by atoms with Gasteiger partial charge in [0.1, 0.15) is 4.90 Å². The normalized spacial score (nSPS) is 16.7. The third-order valence-electron chi connectivity index (χ3n) is 4.94. The minimum Gasteiger partial charge on any atom is -0.381 e. The van der Waals surface area contributed by atoms with E-state index in [1.54, 1.807) is 12.1 Å². The maximum absolute atomic E-state index is 12.6. The number of carbonyl (C=O) groups excluding carboxylic acids is 1. The van der Waals surface area contributed by atoms with Gasteiger partial charge in [-0.15, -0.1) is 0 Å². The number of hydrogen-bond acceptors (Lipinski definition) is 5. The van der Waals surface area contributed by atoms with Gasteiger partial charge in [-0.2, -0.15) is 5.10 Å². The summed E-state index contributed by atoms with van der Waals surface area (Å²) >= 11 is 0. The zero-order valence-corrected chi connectivity index (χ0v) is 16.7. The first kappa shape index (κ1) is 19.4. The topological polar surface area (TPSA) is 90.3 Å². The van der Waals surface area contributed by atoms with Crippen molar-refractivity contribution in [2.24, 2.45) is 0 Å². The van der Waals surface area contributed by atoms with E-state index in [4.69, 9.17) is 4.74 Å². The first-order valence-corrected chi connectivity index (χ1v) is 10.8. The van der Waals surface area contributed by atoms with Gasteiger partial charge >= 0.3 is 0 Å². The van der Waals surface area contributed by atoms with Crippen molar-refractivity contribution >= 4 is 15.9 Å². The van der Waals surface area contributed by atoms with Crippen LogP contribution in [0.2, 0.25) is 0 Å². The number of aryl methyl sites for hydroxylation is 1. The largest absolute Gasteiger partial charge is 0.381 e. The molecule has 1 aliphatic rings. The highest BCUT2D eigenvalue weighted by atomic mass is 32.2. The zero-order valence-electron chi connectivity index (χ0n) is 15.9. The molecule has 3 aromatic rings. The van der Waals surface area contributed by atoms with E-state index in [0.717, 1.165) is 29.8 Å². The number of aromatic nitrogens is 2. The highest BCUT2D eigenvalue weighted by Crippen LogP contribution is 2.25. The quantitative estimate of drug-likeness (QED) is 0.697. The molecule has 1 unspecified atom stereocenters. The van der Waals surface area contributed by atoms with Crippen LogP contribution in [0.3, 0.4) is 0 Å². The van der Waals surface area contributed by atoms with Crippen LogP contribution in [-0.2, 0) is 14.8 Å². The minimum absolute atomic E-state index is 0.0768. The average molecular weight is 411 g/mol. The molecule has 0 bridgehead atoms. The molecule has 7 nitrogen and oxygen atoms in total. The maximum Gasteiger partial charge on any atom is 0.267 e. The van der Waals surface area contributed by atoms with E-state index in [0.29, 0.717) is 12.5 Å². The first-order valence-electron chi connectivity index (χ1n) is 9.29. The maximum atomic E-state index is 12.6. The predicted octanol–water partition coefficient (Wildman–Crippen LogP) is 2.80. The van der Waals surface area contributed by atoms with Crippen LogP contribution in [0.1, 0.15) is 33.8 Å². The number of sulfonamides is 1. The molecule has 0 radical (unpaired) electrons. The van der Waals surface area contributed by atoms with Crippen LogP contribution >= 0.6 is 0 Å². The number of nitrogens with zero attached hydrogens (tertiary/aromatic N) is 2. The number of rotatable bonds is 5. The van der Waals surface area contributed by atoms with Crippen molar-refractivity contribution in [1.29, 1.82) is 0 Å². The van der Waals surface area contributed by atoms with Crippen molar-refractivity contribution < 1.29 is 17.9 Å². The molecule has 150 valence electrons. The summed E-state index contributed by atoms with van der Waals surface area (Å²) in [5, 5.41) is 4.10. The third-order valence-corrected chi connectivity index (χ3v) is 6.22. The fourth-order valence-corrected chi connectivity index (χ4v) is 4.20. The Morgan fingerprint density at radius 3 is 2.69 bits per heavy atom. The fourth-order valence-electron chi connectivity index (χ4n) is 3.30. The zero-order chi connectivity index (χ0) is 20.4. The van der Waals surface area contributed by atoms with Crippen molar-refractivity contribution in [2.75, 3.05) is 13.2 Å². The average Bonchev–Trinajstić information content (AvgIpc) is 3.40. The second kappa shape index (κ2) is 7.81. The van der Waals surface area contributed by atoms with Gasteiger partial charge < -0.3 is 4.74 Å². The van der Waals surface area contributed by atoms with Crippen molar-refractivity contribution in [3.8, 4) is 5.69 Å². The second-order valence-electron chi connectivity index (χ2n) is 7.08. The van der Waals surface area contributed by atoms with Crippen LogP contribution in [0.4, 0.5) is 0 Å². The molecular weight excluding hydrogens is 390 g/mol. The van der Waals surface area contributed by atoms with Gasteiger partial charge in [-0.1, -0.05) is 24.3 Å². The molecular formula is C21H21N3O4S. The highest BCUT2D eigenvalue weighted by Gasteiger charge is 2.22. The van der Waals surface area contributed by atoms with E-state index < -0.39 is 15.9 Å². The molecule has 1 aliphatic heterocycles. The van der Waals surface area contributed by atoms with Gasteiger partial charge in [0.05, 0.1) is 24.7 Å². The molecule has 0 spiro atoms. The molecule has 4 rings (SSSR count). The molecule has 1 aromatic heterocycles. The summed E-state index contributed by atoms with van der Waals surface area (Å²) in [6.45, 7) is 3.35. The number of ether oxygens (including phenoxy) is 1. The van der Waals surface area contributed by atoms with Gasteiger partial charge in [0.2, 0.25) is 0 Å². The lowest BCUT2D eigenvalue weighted by molar-refractivity contribution is 0.0981. The lowest BCUT2D eigenvalue weighted by atomic mass is 9.97. The molecule has 1 atom stereocenters. The number of amides is 1. The van der Waals surface area contributed by atoms with E-state index in [1.165, 1.54) is 17.1 Å². The van der Waals surface area contributed by atoms with Crippen molar-refractivity contribution in [3.05, 3.63) is 77.6 Å². The summed E-state index contributed by atoms with van der Waals surface area (Å²) in [4.78, 5) is 12.4. The Bertz CT molecular complexity index is 1130. The van der Waals surface area contributed by atoms with Crippen molar-refractivity contribution in [1.82, 2.24) is 14.5 Å². The SMILES string of the molecule is Cc1cccc(-n2cc(S(=O)(=O)NC(=O)c3ccc(C4CCOC4)cc3)cn2)c1. The van der Waals surface area contributed by atoms with E-state index in [1.807, 2.05) is 43.3 Å². The van der Waals surface area contributed by atoms with Gasteiger partial charge in [0.15, 0.2) is 0 Å². The Hall–Kier alpha value is -2.97. The fraction of sp³-hybridized carbons (Fsp3) is 0.238. The monoisotopic (exact) mass is 411 g/mol. The molecule has 1 saturated heterocycles. The van der Waals surface area contributed by atoms with E-state index in [2.05, 4.69) is 9.82 Å². The number of hydrogen-bond donors (Lipinski definition) is 1. The Labute approximate surface area is 169 Å². The summed E-state index contributed by atoms with van der Waals surface area (Å²) in [6.07, 6.45) is 3.56. The number of carbonyl (C=O) groups is 1. The summed E-state index contributed by atoms with van der Waals surface area (Å²) in [7, 11) is -4.03. The third kappa shape index (κ3) is 4.23. The van der Waals surface area contributed by atoms with Crippen molar-refractivity contribution in [2.45, 2.75) is 24.2 Å². The van der Waals surface area contributed by atoms with Crippen LogP contribution in [0, 0.1) is 6.92 Å². The smallest absolute Gasteiger partial charge is 0.267 e. The molecule has 1 fully saturated rings. The molecule has 1 amide bonds. The molecule has 2 heterocycles. The molecule has 29 heavy (non-hydrogen) atoms. The number of nitrogens with one attached hydrogen (secondary N) is 1.